The zero-order valence-corrected chi connectivity index (χ0v) is 17.5. The van der Waals surface area contributed by atoms with E-state index in [1.165, 1.54) is 16.4 Å². The number of hydrogen-bond donors (Lipinski definition) is 2. The molecule has 1 aromatic carbocycles. The largest absolute Gasteiger partial charge is 0.481 e. The van der Waals surface area contributed by atoms with Gasteiger partial charge in [0, 0.05) is 44.2 Å². The first-order chi connectivity index (χ1) is 14.8. The monoisotopic (exact) mass is 442 g/mol. The van der Waals surface area contributed by atoms with Gasteiger partial charge in [-0.25, -0.2) is 13.4 Å². The smallest absolute Gasteiger partial charge is 0.303 e. The molecule has 0 saturated carbocycles. The number of nitrogens with zero attached hydrogens (tertiary/aromatic N) is 3. The number of pyridine rings is 1. The molecular formula is C21H22N4O5S. The van der Waals surface area contributed by atoms with Gasteiger partial charge < -0.3 is 15.0 Å². The molecule has 0 unspecified atom stereocenters. The summed E-state index contributed by atoms with van der Waals surface area (Å²) >= 11 is 0. The van der Waals surface area contributed by atoms with Crippen molar-refractivity contribution < 1.29 is 23.1 Å². The first-order valence-electron chi connectivity index (χ1n) is 9.88. The van der Waals surface area contributed by atoms with Crippen molar-refractivity contribution in [3.05, 3.63) is 59.9 Å². The van der Waals surface area contributed by atoms with Crippen LogP contribution in [0.15, 0.2) is 53.6 Å². The quantitative estimate of drug-likeness (QED) is 0.599. The van der Waals surface area contributed by atoms with E-state index >= 15 is 0 Å². The molecule has 31 heavy (non-hydrogen) atoms. The zero-order chi connectivity index (χ0) is 22.0. The number of amides is 1. The molecule has 1 aliphatic heterocycles. The highest BCUT2D eigenvalue weighted by Crippen LogP contribution is 2.20. The molecule has 10 heteroatoms. The molecule has 0 atom stereocenters. The van der Waals surface area contributed by atoms with Crippen LogP contribution in [0.1, 0.15) is 22.5 Å². The predicted molar refractivity (Wildman–Crippen MR) is 113 cm³/mol. The second-order valence-electron chi connectivity index (χ2n) is 7.36. The normalized spacial score (nSPS) is 15.3. The number of aliphatic carboxylic acids is 1. The van der Waals surface area contributed by atoms with Crippen LogP contribution in [0.25, 0.3) is 11.0 Å². The highest BCUT2D eigenvalue weighted by molar-refractivity contribution is 7.89. The zero-order valence-electron chi connectivity index (χ0n) is 16.7. The van der Waals surface area contributed by atoms with Crippen molar-refractivity contribution in [3.8, 4) is 0 Å². The van der Waals surface area contributed by atoms with Crippen molar-refractivity contribution in [2.45, 2.75) is 17.7 Å². The third-order valence-electron chi connectivity index (χ3n) is 5.34. The summed E-state index contributed by atoms with van der Waals surface area (Å²) < 4.78 is 27.3. The number of piperazine rings is 1. The molecule has 3 aromatic rings. The van der Waals surface area contributed by atoms with Gasteiger partial charge in [-0.15, -0.1) is 0 Å². The molecule has 9 nitrogen and oxygen atoms in total. The molecule has 0 aliphatic carbocycles. The van der Waals surface area contributed by atoms with Gasteiger partial charge in [0.1, 0.15) is 11.3 Å². The fourth-order valence-electron chi connectivity index (χ4n) is 3.60. The van der Waals surface area contributed by atoms with Crippen molar-refractivity contribution in [1.82, 2.24) is 19.2 Å². The van der Waals surface area contributed by atoms with Gasteiger partial charge in [-0.05, 0) is 42.3 Å². The highest BCUT2D eigenvalue weighted by Gasteiger charge is 2.30. The number of fused-ring (bicyclic) bond motifs is 1. The SMILES string of the molecule is O=C(O)CCc1ccc(S(=O)(=O)N2CCN(C(=O)c3cc4cccnc4[nH]3)CC2)cc1. The summed E-state index contributed by atoms with van der Waals surface area (Å²) in [6, 6.07) is 11.7. The van der Waals surface area contributed by atoms with E-state index in [4.69, 9.17) is 5.11 Å². The van der Waals surface area contributed by atoms with Crippen molar-refractivity contribution in [2.24, 2.45) is 0 Å². The number of nitrogens with one attached hydrogen (secondary N) is 1. The minimum atomic E-state index is -3.68. The molecule has 0 bridgehead atoms. The summed E-state index contributed by atoms with van der Waals surface area (Å²) in [5, 5.41) is 9.61. The summed E-state index contributed by atoms with van der Waals surface area (Å²) in [6.45, 7) is 0.982. The maximum absolute atomic E-state index is 12.9. The van der Waals surface area contributed by atoms with E-state index in [9.17, 15) is 18.0 Å². The Morgan fingerprint density at radius 1 is 1.06 bits per heavy atom. The Morgan fingerprint density at radius 3 is 2.42 bits per heavy atom. The summed E-state index contributed by atoms with van der Waals surface area (Å²) in [5.74, 6) is -1.08. The van der Waals surface area contributed by atoms with Gasteiger partial charge in [-0.1, -0.05) is 12.1 Å². The Kier molecular flexibility index (Phi) is 5.75. The van der Waals surface area contributed by atoms with Gasteiger partial charge in [-0.3, -0.25) is 9.59 Å². The Hall–Kier alpha value is -3.24. The van der Waals surface area contributed by atoms with Gasteiger partial charge in [0.05, 0.1) is 4.90 Å². The first kappa shape index (κ1) is 21.0. The number of hydrogen-bond acceptors (Lipinski definition) is 5. The van der Waals surface area contributed by atoms with Crippen LogP contribution in [-0.2, 0) is 21.2 Å². The number of H-pyrrole nitrogens is 1. The fourth-order valence-corrected chi connectivity index (χ4v) is 5.03. The third-order valence-corrected chi connectivity index (χ3v) is 7.25. The predicted octanol–water partition coefficient (Wildman–Crippen LogP) is 1.73. The van der Waals surface area contributed by atoms with Gasteiger partial charge in [0.2, 0.25) is 10.0 Å². The summed E-state index contributed by atoms with van der Waals surface area (Å²) in [5.41, 5.74) is 1.84. The molecule has 4 rings (SSSR count). The van der Waals surface area contributed by atoms with Crippen molar-refractivity contribution >= 4 is 32.9 Å². The molecule has 1 fully saturated rings. The molecule has 3 heterocycles. The van der Waals surface area contributed by atoms with Crippen molar-refractivity contribution in [1.29, 1.82) is 0 Å². The van der Waals surface area contributed by atoms with Crippen LogP contribution in [0.4, 0.5) is 0 Å². The van der Waals surface area contributed by atoms with Crippen LogP contribution in [0.5, 0.6) is 0 Å². The minimum absolute atomic E-state index is 0.00544. The molecule has 162 valence electrons. The number of aromatic nitrogens is 2. The molecule has 1 amide bonds. The number of sulfonamides is 1. The summed E-state index contributed by atoms with van der Waals surface area (Å²) in [6.07, 6.45) is 1.99. The summed E-state index contributed by atoms with van der Waals surface area (Å²) in [4.78, 5) is 32.5. The van der Waals surface area contributed by atoms with E-state index in [2.05, 4.69) is 9.97 Å². The lowest BCUT2D eigenvalue weighted by Crippen LogP contribution is -2.50. The molecule has 2 N–H and O–H groups in total. The highest BCUT2D eigenvalue weighted by atomic mass is 32.2. The molecule has 0 spiro atoms. The van der Waals surface area contributed by atoms with Crippen LogP contribution in [0.3, 0.4) is 0 Å². The van der Waals surface area contributed by atoms with Crippen LogP contribution >= 0.6 is 0 Å². The van der Waals surface area contributed by atoms with Gasteiger partial charge >= 0.3 is 5.97 Å². The van der Waals surface area contributed by atoms with Crippen LogP contribution in [-0.4, -0.2) is 70.8 Å². The number of aromatic amines is 1. The van der Waals surface area contributed by atoms with E-state index in [1.54, 1.807) is 35.4 Å². The van der Waals surface area contributed by atoms with Crippen LogP contribution in [0.2, 0.25) is 0 Å². The van der Waals surface area contributed by atoms with Gasteiger partial charge in [-0.2, -0.15) is 4.31 Å². The van der Waals surface area contributed by atoms with Gasteiger partial charge in [0.25, 0.3) is 5.91 Å². The summed E-state index contributed by atoms with van der Waals surface area (Å²) in [7, 11) is -3.68. The Morgan fingerprint density at radius 2 is 1.77 bits per heavy atom. The number of carboxylic acids is 1. The second kappa shape index (κ2) is 8.48. The Balaban J connectivity index is 1.40. The van der Waals surface area contributed by atoms with E-state index in [-0.39, 0.29) is 43.4 Å². The number of aryl methyl sites for hydroxylation is 1. The number of rotatable bonds is 6. The molecular weight excluding hydrogens is 420 g/mol. The molecule has 2 aromatic heterocycles. The van der Waals surface area contributed by atoms with Crippen LogP contribution < -0.4 is 0 Å². The standard InChI is InChI=1S/C21H22N4O5S/c26-19(27)8-5-15-3-6-17(7-4-15)31(29,30)25-12-10-24(11-13-25)21(28)18-14-16-2-1-9-22-20(16)23-18/h1-4,6-7,9,14H,5,8,10-13H2,(H,22,23)(H,26,27). The Bertz CT molecular complexity index is 1180. The lowest BCUT2D eigenvalue weighted by Gasteiger charge is -2.33. The van der Waals surface area contributed by atoms with E-state index in [0.717, 1.165) is 10.9 Å². The second-order valence-corrected chi connectivity index (χ2v) is 9.30. The molecule has 1 aliphatic rings. The van der Waals surface area contributed by atoms with Crippen molar-refractivity contribution in [3.63, 3.8) is 0 Å². The number of benzene rings is 1. The molecule has 1 saturated heterocycles. The van der Waals surface area contributed by atoms with Crippen LogP contribution in [0, 0.1) is 0 Å². The molecule has 0 radical (unpaired) electrons. The maximum atomic E-state index is 12.9. The van der Waals surface area contributed by atoms with E-state index < -0.39 is 16.0 Å². The van der Waals surface area contributed by atoms with Crippen molar-refractivity contribution in [2.75, 3.05) is 26.2 Å². The Labute approximate surface area is 179 Å². The number of carboxylic acid groups (broad SMARTS) is 1. The minimum Gasteiger partial charge on any atom is -0.481 e. The number of carbonyl (C=O) groups is 2. The van der Waals surface area contributed by atoms with E-state index in [0.29, 0.717) is 17.8 Å². The average molecular weight is 442 g/mol. The fraction of sp³-hybridized carbons (Fsp3) is 0.286. The first-order valence-corrected chi connectivity index (χ1v) is 11.3. The lowest BCUT2D eigenvalue weighted by molar-refractivity contribution is -0.136. The third kappa shape index (κ3) is 4.44. The maximum Gasteiger partial charge on any atom is 0.303 e. The van der Waals surface area contributed by atoms with E-state index in [1.807, 2.05) is 6.07 Å². The topological polar surface area (TPSA) is 124 Å². The van der Waals surface area contributed by atoms with Gasteiger partial charge in [0.15, 0.2) is 0 Å². The average Bonchev–Trinajstić information content (AvgIpc) is 3.22. The number of carbonyl (C=O) groups excluding carboxylic acids is 1. The lowest BCUT2D eigenvalue weighted by atomic mass is 10.1.